The van der Waals surface area contributed by atoms with Gasteiger partial charge in [0, 0.05) is 24.4 Å². The molecular weight excluding hydrogens is 231 g/mol. The van der Waals surface area contributed by atoms with E-state index in [0.29, 0.717) is 18.0 Å². The molecule has 4 heteroatoms. The van der Waals surface area contributed by atoms with Gasteiger partial charge in [0.15, 0.2) is 0 Å². The molecule has 1 unspecified atom stereocenters. The Bertz CT molecular complexity index is 382. The molecule has 0 spiro atoms. The van der Waals surface area contributed by atoms with Gasteiger partial charge in [-0.3, -0.25) is 4.79 Å². The number of carbonyl (C=O) groups excluding carboxylic acids is 1. The van der Waals surface area contributed by atoms with Crippen molar-refractivity contribution >= 4 is 5.91 Å². The lowest BCUT2D eigenvalue weighted by atomic mass is 9.97. The van der Waals surface area contributed by atoms with Crippen molar-refractivity contribution in [1.29, 1.82) is 0 Å². The zero-order chi connectivity index (χ0) is 13.4. The van der Waals surface area contributed by atoms with Crippen LogP contribution < -0.4 is 5.32 Å². The van der Waals surface area contributed by atoms with Crippen LogP contribution in [0.5, 0.6) is 0 Å². The Kier molecular flexibility index (Phi) is 6.33. The second kappa shape index (κ2) is 7.80. The first kappa shape index (κ1) is 14.6. The van der Waals surface area contributed by atoms with Crippen LogP contribution in [0.1, 0.15) is 49.9 Å². The smallest absolute Gasteiger partial charge is 0.251 e. The van der Waals surface area contributed by atoms with Crippen LogP contribution in [-0.4, -0.2) is 17.4 Å². The fourth-order valence-corrected chi connectivity index (χ4v) is 2.00. The van der Waals surface area contributed by atoms with E-state index in [4.69, 9.17) is 0 Å². The van der Waals surface area contributed by atoms with Gasteiger partial charge in [-0.05, 0) is 18.4 Å². The van der Waals surface area contributed by atoms with Crippen molar-refractivity contribution in [2.24, 2.45) is 5.92 Å². The lowest BCUT2D eigenvalue weighted by molar-refractivity contribution is 0.0950. The van der Waals surface area contributed by atoms with Crippen LogP contribution in [0, 0.1) is 11.9 Å². The zero-order valence-corrected chi connectivity index (χ0v) is 11.1. The molecule has 1 aromatic rings. The second-order valence-corrected chi connectivity index (χ2v) is 4.47. The molecule has 100 valence electrons. The van der Waals surface area contributed by atoms with E-state index in [1.165, 1.54) is 25.1 Å². The van der Waals surface area contributed by atoms with Crippen molar-refractivity contribution in [2.45, 2.75) is 39.5 Å². The van der Waals surface area contributed by atoms with Crippen LogP contribution in [0.15, 0.2) is 18.3 Å². The van der Waals surface area contributed by atoms with Crippen molar-refractivity contribution in [2.75, 3.05) is 6.54 Å². The summed E-state index contributed by atoms with van der Waals surface area (Å²) >= 11 is 0. The summed E-state index contributed by atoms with van der Waals surface area (Å²) < 4.78 is 12.8. The Morgan fingerprint density at radius 1 is 1.44 bits per heavy atom. The number of nitrogens with one attached hydrogen (secondary N) is 1. The average molecular weight is 252 g/mol. The van der Waals surface area contributed by atoms with Crippen molar-refractivity contribution in [3.05, 3.63) is 29.8 Å². The van der Waals surface area contributed by atoms with Gasteiger partial charge < -0.3 is 5.32 Å². The number of halogens is 1. The number of carbonyl (C=O) groups is 1. The van der Waals surface area contributed by atoms with Gasteiger partial charge in [0.2, 0.25) is 5.95 Å². The minimum atomic E-state index is -0.625. The molecule has 1 atom stereocenters. The Morgan fingerprint density at radius 2 is 2.22 bits per heavy atom. The molecule has 1 heterocycles. The molecule has 0 saturated heterocycles. The molecule has 0 aromatic carbocycles. The highest BCUT2D eigenvalue weighted by molar-refractivity contribution is 5.93. The lowest BCUT2D eigenvalue weighted by Gasteiger charge is -2.13. The normalized spacial score (nSPS) is 12.2. The predicted molar refractivity (Wildman–Crippen MR) is 69.8 cm³/mol. The molecule has 18 heavy (non-hydrogen) atoms. The van der Waals surface area contributed by atoms with Crippen LogP contribution in [0.25, 0.3) is 0 Å². The summed E-state index contributed by atoms with van der Waals surface area (Å²) in [5.74, 6) is -0.202. The van der Waals surface area contributed by atoms with Gasteiger partial charge in [0.25, 0.3) is 5.91 Å². The second-order valence-electron chi connectivity index (χ2n) is 4.47. The number of hydrogen-bond acceptors (Lipinski definition) is 2. The third kappa shape index (κ3) is 4.82. The predicted octanol–water partition coefficient (Wildman–Crippen LogP) is 3.17. The van der Waals surface area contributed by atoms with Gasteiger partial charge in [-0.15, -0.1) is 0 Å². The minimum absolute atomic E-state index is 0.234. The summed E-state index contributed by atoms with van der Waals surface area (Å²) in [5, 5.41) is 2.82. The Hall–Kier alpha value is -1.45. The van der Waals surface area contributed by atoms with Gasteiger partial charge in [0.05, 0.1) is 0 Å². The molecule has 0 saturated carbocycles. The van der Waals surface area contributed by atoms with Crippen molar-refractivity contribution < 1.29 is 9.18 Å². The summed E-state index contributed by atoms with van der Waals surface area (Å²) in [7, 11) is 0. The molecule has 0 aliphatic rings. The molecule has 1 amide bonds. The van der Waals surface area contributed by atoms with Gasteiger partial charge in [-0.1, -0.05) is 33.1 Å². The van der Waals surface area contributed by atoms with E-state index in [1.54, 1.807) is 0 Å². The number of aromatic nitrogens is 1. The molecular formula is C14H21FN2O. The lowest BCUT2D eigenvalue weighted by Crippen LogP contribution is -2.26. The van der Waals surface area contributed by atoms with Crippen molar-refractivity contribution in [3.63, 3.8) is 0 Å². The van der Waals surface area contributed by atoms with Gasteiger partial charge in [0.1, 0.15) is 0 Å². The fourth-order valence-electron chi connectivity index (χ4n) is 2.00. The maximum atomic E-state index is 12.8. The molecule has 1 aromatic heterocycles. The highest BCUT2D eigenvalue weighted by atomic mass is 19.1. The molecule has 0 aliphatic heterocycles. The number of hydrogen-bond donors (Lipinski definition) is 1. The highest BCUT2D eigenvalue weighted by Crippen LogP contribution is 2.14. The van der Waals surface area contributed by atoms with Crippen LogP contribution in [-0.2, 0) is 0 Å². The Balaban J connectivity index is 2.37. The summed E-state index contributed by atoms with van der Waals surface area (Å²) in [6, 6.07) is 2.67. The number of rotatable bonds is 7. The van der Waals surface area contributed by atoms with Crippen LogP contribution in [0.4, 0.5) is 4.39 Å². The van der Waals surface area contributed by atoms with E-state index in [9.17, 15) is 9.18 Å². The van der Waals surface area contributed by atoms with E-state index in [1.807, 2.05) is 0 Å². The maximum absolute atomic E-state index is 12.8. The van der Waals surface area contributed by atoms with E-state index < -0.39 is 5.95 Å². The van der Waals surface area contributed by atoms with Gasteiger partial charge in [-0.25, -0.2) is 4.98 Å². The first-order valence-corrected chi connectivity index (χ1v) is 6.57. The van der Waals surface area contributed by atoms with E-state index in [0.717, 1.165) is 18.9 Å². The largest absolute Gasteiger partial charge is 0.352 e. The molecule has 0 aliphatic carbocycles. The van der Waals surface area contributed by atoms with Crippen molar-refractivity contribution in [3.8, 4) is 0 Å². The number of nitrogens with zero attached hydrogens (tertiary/aromatic N) is 1. The summed E-state index contributed by atoms with van der Waals surface area (Å²) in [6.07, 6.45) is 5.77. The highest BCUT2D eigenvalue weighted by Gasteiger charge is 2.08. The van der Waals surface area contributed by atoms with E-state index >= 15 is 0 Å². The summed E-state index contributed by atoms with van der Waals surface area (Å²) in [4.78, 5) is 15.1. The molecule has 1 N–H and O–H groups in total. The first-order valence-electron chi connectivity index (χ1n) is 6.57. The van der Waals surface area contributed by atoms with Gasteiger partial charge in [-0.2, -0.15) is 4.39 Å². The SMILES string of the molecule is CCCC(CC)CCNC(=O)c1ccnc(F)c1. The quantitative estimate of drug-likeness (QED) is 0.757. The molecule has 0 fully saturated rings. The average Bonchev–Trinajstić information content (AvgIpc) is 2.37. The topological polar surface area (TPSA) is 42.0 Å². The van der Waals surface area contributed by atoms with Crippen LogP contribution in [0.2, 0.25) is 0 Å². The van der Waals surface area contributed by atoms with E-state index in [-0.39, 0.29) is 5.91 Å². The third-order valence-electron chi connectivity index (χ3n) is 3.10. The fraction of sp³-hybridized carbons (Fsp3) is 0.571. The standard InChI is InChI=1S/C14H21FN2O/c1-3-5-11(4-2)6-8-17-14(18)12-7-9-16-13(15)10-12/h7,9-11H,3-6,8H2,1-2H3,(H,17,18). The first-order chi connectivity index (χ1) is 8.67. The van der Waals surface area contributed by atoms with Gasteiger partial charge >= 0.3 is 0 Å². The third-order valence-corrected chi connectivity index (χ3v) is 3.10. The molecule has 3 nitrogen and oxygen atoms in total. The summed E-state index contributed by atoms with van der Waals surface area (Å²) in [6.45, 7) is 4.97. The monoisotopic (exact) mass is 252 g/mol. The number of pyridine rings is 1. The van der Waals surface area contributed by atoms with E-state index in [2.05, 4.69) is 24.1 Å². The molecule has 0 bridgehead atoms. The van der Waals surface area contributed by atoms with Crippen molar-refractivity contribution in [1.82, 2.24) is 10.3 Å². The van der Waals surface area contributed by atoms with Crippen LogP contribution >= 0.6 is 0 Å². The molecule has 1 rings (SSSR count). The molecule has 0 radical (unpaired) electrons. The maximum Gasteiger partial charge on any atom is 0.251 e. The number of amides is 1. The minimum Gasteiger partial charge on any atom is -0.352 e. The van der Waals surface area contributed by atoms with Crippen LogP contribution in [0.3, 0.4) is 0 Å². The summed E-state index contributed by atoms with van der Waals surface area (Å²) in [5.41, 5.74) is 0.325. The Morgan fingerprint density at radius 3 is 2.83 bits per heavy atom. The zero-order valence-electron chi connectivity index (χ0n) is 11.1. The Labute approximate surface area is 108 Å².